The second-order valence-corrected chi connectivity index (χ2v) is 18.2. The van der Waals surface area contributed by atoms with Crippen LogP contribution in [0.15, 0.2) is 73.1 Å². The Labute approximate surface area is 296 Å². The van der Waals surface area contributed by atoms with Crippen LogP contribution in [0.3, 0.4) is 0 Å². The second kappa shape index (κ2) is 15.2. The van der Waals surface area contributed by atoms with Gasteiger partial charge in [0.05, 0.1) is 12.8 Å². The quantitative estimate of drug-likeness (QED) is 0.262. The van der Waals surface area contributed by atoms with Gasteiger partial charge in [0.25, 0.3) is 0 Å². The molecule has 0 saturated carbocycles. The van der Waals surface area contributed by atoms with Gasteiger partial charge in [-0.1, -0.05) is 84.0 Å². The van der Waals surface area contributed by atoms with Gasteiger partial charge in [-0.2, -0.15) is 0 Å². The SMILES string of the molecule is C[C@H]1CC=CN1C(C)(C)C.C[C@H]1Cc2ccccc2N1C(C)(C)C.C[N+]1=C(C(C)(C)C)CC=C1.C[N+]1=C(C(C)(C)C)Cc2ccccc21. The minimum atomic E-state index is 0.228. The highest BCUT2D eigenvalue weighted by Crippen LogP contribution is 2.37. The Morgan fingerprint density at radius 2 is 1.21 bits per heavy atom. The van der Waals surface area contributed by atoms with Crippen LogP contribution in [0.25, 0.3) is 0 Å². The number of rotatable bonds is 0. The van der Waals surface area contributed by atoms with Gasteiger partial charge in [0.1, 0.15) is 14.1 Å². The zero-order valence-electron chi connectivity index (χ0n) is 33.7. The van der Waals surface area contributed by atoms with Gasteiger partial charge in [-0.05, 0) is 92.1 Å². The molecule has 2 aromatic rings. The molecule has 0 saturated heterocycles. The Morgan fingerprint density at radius 1 is 0.646 bits per heavy atom. The molecule has 4 aliphatic heterocycles. The van der Waals surface area contributed by atoms with Crippen molar-refractivity contribution in [3.8, 4) is 0 Å². The van der Waals surface area contributed by atoms with Crippen molar-refractivity contribution in [3.63, 3.8) is 0 Å². The summed E-state index contributed by atoms with van der Waals surface area (Å²) in [6, 6.07) is 18.7. The van der Waals surface area contributed by atoms with E-state index < -0.39 is 0 Å². The van der Waals surface area contributed by atoms with Crippen molar-refractivity contribution >= 4 is 22.8 Å². The molecule has 48 heavy (non-hydrogen) atoms. The first kappa shape index (κ1) is 39.3. The lowest BCUT2D eigenvalue weighted by Gasteiger charge is -2.38. The predicted molar refractivity (Wildman–Crippen MR) is 212 cm³/mol. The lowest BCUT2D eigenvalue weighted by molar-refractivity contribution is -0.423. The van der Waals surface area contributed by atoms with E-state index in [0.717, 1.165) is 12.8 Å². The van der Waals surface area contributed by atoms with Crippen molar-refractivity contribution in [1.29, 1.82) is 0 Å². The maximum atomic E-state index is 2.53. The Kier molecular flexibility index (Phi) is 12.4. The summed E-state index contributed by atoms with van der Waals surface area (Å²) in [6.45, 7) is 31.8. The largest absolute Gasteiger partial charge is 0.370 e. The molecule has 0 fully saturated rings. The molecule has 0 aliphatic carbocycles. The van der Waals surface area contributed by atoms with E-state index in [1.54, 1.807) is 0 Å². The molecule has 6 rings (SSSR count). The van der Waals surface area contributed by atoms with Crippen molar-refractivity contribution < 1.29 is 9.15 Å². The van der Waals surface area contributed by atoms with Gasteiger partial charge in [-0.15, -0.1) is 0 Å². The van der Waals surface area contributed by atoms with Crippen molar-refractivity contribution in [1.82, 2.24) is 4.90 Å². The molecule has 2 aromatic carbocycles. The predicted octanol–water partition coefficient (Wildman–Crippen LogP) is 10.7. The molecular weight excluding hydrogens is 585 g/mol. The van der Waals surface area contributed by atoms with Gasteiger partial charge in [-0.3, -0.25) is 0 Å². The first-order valence-corrected chi connectivity index (χ1v) is 18.3. The molecule has 0 bridgehead atoms. The Morgan fingerprint density at radius 3 is 1.62 bits per heavy atom. The number of benzene rings is 2. The summed E-state index contributed by atoms with van der Waals surface area (Å²) in [7, 11) is 4.29. The molecule has 2 atom stereocenters. The lowest BCUT2D eigenvalue weighted by atomic mass is 9.87. The van der Waals surface area contributed by atoms with Crippen molar-refractivity contribution in [2.24, 2.45) is 10.8 Å². The van der Waals surface area contributed by atoms with Crippen molar-refractivity contribution in [3.05, 3.63) is 84.2 Å². The molecule has 0 aromatic heterocycles. The smallest absolute Gasteiger partial charge is 0.208 e. The number of nitrogens with zero attached hydrogens (tertiary/aromatic N) is 4. The normalized spacial score (nSPS) is 20.2. The maximum Gasteiger partial charge on any atom is 0.208 e. The molecular formula is C44H70N4+2. The molecule has 264 valence electrons. The van der Waals surface area contributed by atoms with Gasteiger partial charge < -0.3 is 9.80 Å². The Bertz CT molecular complexity index is 1510. The monoisotopic (exact) mass is 655 g/mol. The van der Waals surface area contributed by atoms with E-state index in [0.29, 0.717) is 23.0 Å². The minimum absolute atomic E-state index is 0.228. The fourth-order valence-corrected chi connectivity index (χ4v) is 7.70. The number of para-hydroxylation sites is 2. The minimum Gasteiger partial charge on any atom is -0.370 e. The van der Waals surface area contributed by atoms with E-state index in [1.165, 1.54) is 46.8 Å². The highest BCUT2D eigenvalue weighted by Gasteiger charge is 2.35. The van der Waals surface area contributed by atoms with Crippen molar-refractivity contribution in [2.45, 2.75) is 146 Å². The second-order valence-electron chi connectivity index (χ2n) is 18.2. The summed E-state index contributed by atoms with van der Waals surface area (Å²) in [5, 5.41) is 0. The first-order chi connectivity index (χ1) is 22.0. The molecule has 0 N–H and O–H groups in total. The average molecular weight is 655 g/mol. The number of hydrogen-bond acceptors (Lipinski definition) is 2. The molecule has 4 heteroatoms. The highest BCUT2D eigenvalue weighted by atomic mass is 15.2. The van der Waals surface area contributed by atoms with Gasteiger partial charge in [-0.25, -0.2) is 9.15 Å². The third kappa shape index (κ3) is 9.95. The van der Waals surface area contributed by atoms with Crippen LogP contribution in [0.1, 0.15) is 121 Å². The Hall–Kier alpha value is -3.14. The topological polar surface area (TPSA) is 12.5 Å². The molecule has 4 nitrogen and oxygen atoms in total. The van der Waals surface area contributed by atoms with E-state index in [1.807, 2.05) is 0 Å². The zero-order valence-corrected chi connectivity index (χ0v) is 33.7. The molecule has 0 radical (unpaired) electrons. The number of hydrogen-bond donors (Lipinski definition) is 0. The van der Waals surface area contributed by atoms with Crippen LogP contribution >= 0.6 is 0 Å². The fourth-order valence-electron chi connectivity index (χ4n) is 7.70. The van der Waals surface area contributed by atoms with Gasteiger partial charge >= 0.3 is 0 Å². The number of anilines is 1. The molecule has 0 amide bonds. The van der Waals surface area contributed by atoms with Crippen LogP contribution in [-0.2, 0) is 12.8 Å². The number of allylic oxidation sites excluding steroid dienone is 1. The third-order valence-corrected chi connectivity index (χ3v) is 9.84. The van der Waals surface area contributed by atoms with Crippen molar-refractivity contribution in [2.75, 3.05) is 19.0 Å². The van der Waals surface area contributed by atoms with Gasteiger partial charge in [0.15, 0.2) is 17.6 Å². The van der Waals surface area contributed by atoms with E-state index in [4.69, 9.17) is 0 Å². The van der Waals surface area contributed by atoms with Crippen LogP contribution in [0.2, 0.25) is 0 Å². The average Bonchev–Trinajstić information content (AvgIpc) is 3.73. The van der Waals surface area contributed by atoms with E-state index in [9.17, 15) is 0 Å². The Balaban J connectivity index is 0.000000176. The lowest BCUT2D eigenvalue weighted by Crippen LogP contribution is -2.45. The first-order valence-electron chi connectivity index (χ1n) is 18.3. The summed E-state index contributed by atoms with van der Waals surface area (Å²) in [4.78, 5) is 4.94. The van der Waals surface area contributed by atoms with Crippen LogP contribution in [0.4, 0.5) is 11.4 Å². The van der Waals surface area contributed by atoms with Crippen LogP contribution in [0.5, 0.6) is 0 Å². The maximum absolute atomic E-state index is 2.53. The van der Waals surface area contributed by atoms with Gasteiger partial charge in [0, 0.05) is 51.3 Å². The summed E-state index contributed by atoms with van der Waals surface area (Å²) < 4.78 is 4.56. The highest BCUT2D eigenvalue weighted by molar-refractivity contribution is 5.91. The van der Waals surface area contributed by atoms with Crippen LogP contribution in [0, 0.1) is 10.8 Å². The molecule has 4 heterocycles. The van der Waals surface area contributed by atoms with Gasteiger partial charge in [0.2, 0.25) is 5.69 Å². The summed E-state index contributed by atoms with van der Waals surface area (Å²) >= 11 is 0. The fraction of sp³-hybridized carbons (Fsp3) is 0.591. The van der Waals surface area contributed by atoms with E-state index in [2.05, 4.69) is 203 Å². The van der Waals surface area contributed by atoms with E-state index >= 15 is 0 Å². The third-order valence-electron chi connectivity index (χ3n) is 9.84. The summed E-state index contributed by atoms with van der Waals surface area (Å²) in [6.07, 6.45) is 13.4. The van der Waals surface area contributed by atoms with Crippen LogP contribution in [-0.4, -0.2) is 62.7 Å². The zero-order chi connectivity index (χ0) is 36.2. The number of fused-ring (bicyclic) bond motifs is 2. The summed E-state index contributed by atoms with van der Waals surface area (Å²) in [5.74, 6) is 0. The van der Waals surface area contributed by atoms with E-state index in [-0.39, 0.29) is 11.0 Å². The molecule has 4 aliphatic rings. The molecule has 0 unspecified atom stereocenters. The van der Waals surface area contributed by atoms with Crippen LogP contribution < -0.4 is 4.90 Å². The standard InChI is InChI=1S/C13H18N.C13H19N.C9H16N.C9H17N/c1-13(2,3)12-9-10-7-5-6-8-11(10)14(12)4;1-10-9-11-7-5-6-8-12(11)14(10)13(2,3)4;1-9(2,3)8-6-5-7-10(8)4;1-8-6-5-7-10(8)9(2,3)4/h5-8H,9H2,1-4H3;5-8,10H,9H2,1-4H3;5,7H,6H2,1-4H3;5,7-8H,6H2,1-4H3/q+1;;+1;/t;10-;;8-/m.0.0/s1. The summed E-state index contributed by atoms with van der Waals surface area (Å²) in [5.41, 5.74) is 9.90. The molecule has 0 spiro atoms.